The fourth-order valence-corrected chi connectivity index (χ4v) is 3.85. The standard InChI is InChI=1S/C18H18ClN3O3S2/c19-15-6-8-16(9-7-15)27(23,24)21-17(14-4-2-1-3-5-14)20-18(26)22-10-12-25-13-11-22/h1-9H,10-13H2,(H,20,21,26). The fourth-order valence-electron chi connectivity index (χ4n) is 2.47. The molecule has 1 aliphatic heterocycles. The molecule has 3 rings (SSSR count). The number of hydrogen-bond acceptors (Lipinski definition) is 4. The van der Waals surface area contributed by atoms with E-state index in [0.717, 1.165) is 0 Å². The molecule has 2 aromatic carbocycles. The Kier molecular flexibility index (Phi) is 6.43. The van der Waals surface area contributed by atoms with Crippen molar-refractivity contribution in [3.8, 4) is 0 Å². The van der Waals surface area contributed by atoms with E-state index in [4.69, 9.17) is 28.6 Å². The maximum Gasteiger partial charge on any atom is 0.284 e. The zero-order valence-electron chi connectivity index (χ0n) is 14.3. The molecular formula is C18H18ClN3O3S2. The Morgan fingerprint density at radius 1 is 1.07 bits per heavy atom. The van der Waals surface area contributed by atoms with E-state index in [1.54, 1.807) is 24.3 Å². The summed E-state index contributed by atoms with van der Waals surface area (Å²) in [6.07, 6.45) is 0. The molecule has 1 N–H and O–H groups in total. The van der Waals surface area contributed by atoms with Gasteiger partial charge in [0.2, 0.25) is 0 Å². The number of nitrogens with zero attached hydrogens (tertiary/aromatic N) is 2. The highest BCUT2D eigenvalue weighted by Gasteiger charge is 2.19. The molecule has 27 heavy (non-hydrogen) atoms. The average Bonchev–Trinajstić information content (AvgIpc) is 2.69. The van der Waals surface area contributed by atoms with E-state index in [0.29, 0.717) is 42.0 Å². The van der Waals surface area contributed by atoms with Crippen molar-refractivity contribution in [3.63, 3.8) is 0 Å². The first-order chi connectivity index (χ1) is 13.0. The second kappa shape index (κ2) is 8.79. The molecule has 1 heterocycles. The SMILES string of the molecule is O=S(=O)(N=C(NC(=S)N1CCOCC1)c1ccccc1)c1ccc(Cl)cc1. The number of ether oxygens (including phenoxy) is 1. The highest BCUT2D eigenvalue weighted by atomic mass is 35.5. The van der Waals surface area contributed by atoms with Crippen LogP contribution in [0.1, 0.15) is 5.56 Å². The molecule has 6 nitrogen and oxygen atoms in total. The third-order valence-corrected chi connectivity index (χ3v) is 5.80. The zero-order chi connectivity index (χ0) is 19.3. The molecule has 142 valence electrons. The summed E-state index contributed by atoms with van der Waals surface area (Å²) >= 11 is 11.3. The minimum atomic E-state index is -3.94. The van der Waals surface area contributed by atoms with Crippen LogP contribution in [0, 0.1) is 0 Å². The number of hydrogen-bond donors (Lipinski definition) is 1. The summed E-state index contributed by atoms with van der Waals surface area (Å²) in [4.78, 5) is 1.98. The highest BCUT2D eigenvalue weighted by Crippen LogP contribution is 2.17. The summed E-state index contributed by atoms with van der Waals surface area (Å²) in [6.45, 7) is 2.42. The lowest BCUT2D eigenvalue weighted by atomic mass is 10.2. The predicted octanol–water partition coefficient (Wildman–Crippen LogP) is 2.68. The molecule has 0 bridgehead atoms. The molecule has 9 heteroatoms. The van der Waals surface area contributed by atoms with E-state index in [1.165, 1.54) is 24.3 Å². The summed E-state index contributed by atoms with van der Waals surface area (Å²) in [6, 6.07) is 14.9. The number of morpholine rings is 1. The van der Waals surface area contributed by atoms with Crippen LogP contribution in [0.2, 0.25) is 5.02 Å². The first-order valence-corrected chi connectivity index (χ1v) is 10.5. The summed E-state index contributed by atoms with van der Waals surface area (Å²) in [5, 5.41) is 3.85. The molecule has 0 spiro atoms. The Morgan fingerprint density at radius 2 is 1.70 bits per heavy atom. The van der Waals surface area contributed by atoms with Crippen molar-refractivity contribution < 1.29 is 13.2 Å². The number of amidine groups is 1. The van der Waals surface area contributed by atoms with Crippen molar-refractivity contribution in [2.75, 3.05) is 26.3 Å². The van der Waals surface area contributed by atoms with Crippen LogP contribution in [0.25, 0.3) is 0 Å². The monoisotopic (exact) mass is 423 g/mol. The molecule has 0 aliphatic carbocycles. The van der Waals surface area contributed by atoms with E-state index in [9.17, 15) is 8.42 Å². The van der Waals surface area contributed by atoms with Crippen molar-refractivity contribution in [2.45, 2.75) is 4.90 Å². The van der Waals surface area contributed by atoms with Crippen LogP contribution < -0.4 is 5.32 Å². The third kappa shape index (κ3) is 5.26. The van der Waals surface area contributed by atoms with Crippen LogP contribution >= 0.6 is 23.8 Å². The van der Waals surface area contributed by atoms with Gasteiger partial charge < -0.3 is 15.0 Å². The third-order valence-electron chi connectivity index (χ3n) is 3.89. The number of halogens is 1. The summed E-state index contributed by atoms with van der Waals surface area (Å²) in [5.41, 5.74) is 0.616. The molecule has 0 amide bonds. The molecule has 1 aliphatic rings. The number of thiocarbonyl (C=S) groups is 1. The molecule has 1 saturated heterocycles. The summed E-state index contributed by atoms with van der Waals surface area (Å²) < 4.78 is 34.8. The van der Waals surface area contributed by atoms with E-state index >= 15 is 0 Å². The van der Waals surface area contributed by atoms with Gasteiger partial charge in [-0.05, 0) is 36.5 Å². The zero-order valence-corrected chi connectivity index (χ0v) is 16.7. The Balaban J connectivity index is 1.93. The van der Waals surface area contributed by atoms with Crippen LogP contribution in [0.15, 0.2) is 63.9 Å². The van der Waals surface area contributed by atoms with Crippen LogP contribution in [0.3, 0.4) is 0 Å². The molecule has 0 unspecified atom stereocenters. The molecule has 0 radical (unpaired) electrons. The Morgan fingerprint density at radius 3 is 2.33 bits per heavy atom. The average molecular weight is 424 g/mol. The maximum atomic E-state index is 12.7. The lowest BCUT2D eigenvalue weighted by Gasteiger charge is -2.29. The van der Waals surface area contributed by atoms with Gasteiger partial charge >= 0.3 is 0 Å². The molecule has 1 fully saturated rings. The van der Waals surface area contributed by atoms with E-state index in [1.807, 2.05) is 11.0 Å². The molecule has 0 atom stereocenters. The van der Waals surface area contributed by atoms with Crippen LogP contribution in [-0.2, 0) is 14.8 Å². The van der Waals surface area contributed by atoms with Crippen molar-refractivity contribution >= 4 is 44.8 Å². The van der Waals surface area contributed by atoms with Gasteiger partial charge in [-0.3, -0.25) is 0 Å². The Hall–Kier alpha value is -2.00. The van der Waals surface area contributed by atoms with Crippen molar-refractivity contribution in [1.29, 1.82) is 0 Å². The van der Waals surface area contributed by atoms with Gasteiger partial charge in [0.05, 0.1) is 18.1 Å². The van der Waals surface area contributed by atoms with Gasteiger partial charge in [0, 0.05) is 23.7 Å². The lowest BCUT2D eigenvalue weighted by Crippen LogP contribution is -2.48. The second-order valence-corrected chi connectivity index (χ2v) is 8.19. The number of rotatable bonds is 3. The molecule has 0 saturated carbocycles. The predicted molar refractivity (Wildman–Crippen MR) is 110 cm³/mol. The van der Waals surface area contributed by atoms with Gasteiger partial charge in [0.1, 0.15) is 0 Å². The van der Waals surface area contributed by atoms with Crippen LogP contribution in [0.4, 0.5) is 0 Å². The smallest absolute Gasteiger partial charge is 0.284 e. The van der Waals surface area contributed by atoms with Crippen molar-refractivity contribution in [3.05, 3.63) is 65.2 Å². The molecular weight excluding hydrogens is 406 g/mol. The highest BCUT2D eigenvalue weighted by molar-refractivity contribution is 7.90. The first kappa shape index (κ1) is 19.8. The van der Waals surface area contributed by atoms with Crippen LogP contribution in [-0.4, -0.2) is 50.6 Å². The minimum Gasteiger partial charge on any atom is -0.378 e. The van der Waals surface area contributed by atoms with Gasteiger partial charge in [-0.25, -0.2) is 0 Å². The van der Waals surface area contributed by atoms with E-state index in [-0.39, 0.29) is 10.7 Å². The Bertz CT molecular complexity index is 926. The van der Waals surface area contributed by atoms with Gasteiger partial charge in [-0.1, -0.05) is 41.9 Å². The fraction of sp³-hybridized carbons (Fsp3) is 0.222. The Labute approximate surface area is 168 Å². The minimum absolute atomic E-state index is 0.0550. The number of nitrogens with one attached hydrogen (secondary N) is 1. The molecule has 0 aromatic heterocycles. The quantitative estimate of drug-likeness (QED) is 0.465. The largest absolute Gasteiger partial charge is 0.378 e. The maximum absolute atomic E-state index is 12.7. The number of sulfonamides is 1. The normalized spacial score (nSPS) is 15.4. The topological polar surface area (TPSA) is 71.0 Å². The van der Waals surface area contributed by atoms with Crippen molar-refractivity contribution in [2.24, 2.45) is 4.40 Å². The van der Waals surface area contributed by atoms with Crippen molar-refractivity contribution in [1.82, 2.24) is 10.2 Å². The summed E-state index contributed by atoms with van der Waals surface area (Å²) in [7, 11) is -3.94. The lowest BCUT2D eigenvalue weighted by molar-refractivity contribution is 0.0681. The molecule has 2 aromatic rings. The second-order valence-electron chi connectivity index (χ2n) is 5.76. The van der Waals surface area contributed by atoms with Gasteiger partial charge in [0.25, 0.3) is 10.0 Å². The van der Waals surface area contributed by atoms with Gasteiger partial charge in [0.15, 0.2) is 10.9 Å². The summed E-state index contributed by atoms with van der Waals surface area (Å²) in [5.74, 6) is 0.169. The van der Waals surface area contributed by atoms with E-state index < -0.39 is 10.0 Å². The first-order valence-electron chi connectivity index (χ1n) is 8.25. The van der Waals surface area contributed by atoms with Gasteiger partial charge in [-0.15, -0.1) is 4.40 Å². The van der Waals surface area contributed by atoms with E-state index in [2.05, 4.69) is 9.71 Å². The van der Waals surface area contributed by atoms with Crippen LogP contribution in [0.5, 0.6) is 0 Å². The number of benzene rings is 2. The van der Waals surface area contributed by atoms with Gasteiger partial charge in [-0.2, -0.15) is 8.42 Å².